The fourth-order valence-corrected chi connectivity index (χ4v) is 2.79. The van der Waals surface area contributed by atoms with E-state index in [0.717, 1.165) is 10.6 Å². The minimum absolute atomic E-state index is 0.0954. The molecule has 1 heterocycles. The molecule has 1 unspecified atom stereocenters. The van der Waals surface area contributed by atoms with Gasteiger partial charge >= 0.3 is 0 Å². The average molecular weight is 304 g/mol. The molecule has 5 heteroatoms. The molecule has 112 valence electrons. The van der Waals surface area contributed by atoms with E-state index in [9.17, 15) is 9.90 Å². The first-order valence-corrected chi connectivity index (χ1v) is 7.89. The van der Waals surface area contributed by atoms with Crippen molar-refractivity contribution >= 4 is 17.2 Å². The molecule has 2 rings (SSSR count). The van der Waals surface area contributed by atoms with Gasteiger partial charge in [0.05, 0.1) is 17.7 Å². The molecule has 21 heavy (non-hydrogen) atoms. The van der Waals surface area contributed by atoms with Crippen LogP contribution in [0.1, 0.15) is 40.8 Å². The van der Waals surface area contributed by atoms with Crippen LogP contribution >= 0.6 is 11.3 Å². The van der Waals surface area contributed by atoms with Gasteiger partial charge in [0.15, 0.2) is 0 Å². The van der Waals surface area contributed by atoms with Crippen LogP contribution < -0.4 is 5.32 Å². The topological polar surface area (TPSA) is 62.2 Å². The summed E-state index contributed by atoms with van der Waals surface area (Å²) in [6.07, 6.45) is 0.601. The molecule has 0 bridgehead atoms. The summed E-state index contributed by atoms with van der Waals surface area (Å²) < 4.78 is 0. The molecule has 1 amide bonds. The third kappa shape index (κ3) is 4.37. The third-order valence-electron chi connectivity index (χ3n) is 3.13. The SMILES string of the molecule is CC(C)c1nc(C(=O)NC(CO)Cc2ccccc2)cs1. The second-order valence-corrected chi connectivity index (χ2v) is 6.16. The molecular formula is C16H20N2O2S. The number of amides is 1. The van der Waals surface area contributed by atoms with Crippen molar-refractivity contribution in [2.45, 2.75) is 32.2 Å². The molecule has 4 nitrogen and oxygen atoms in total. The molecule has 0 aliphatic rings. The number of aromatic nitrogens is 1. The number of thiazole rings is 1. The summed E-state index contributed by atoms with van der Waals surface area (Å²) in [7, 11) is 0. The van der Waals surface area contributed by atoms with Crippen LogP contribution in [0.3, 0.4) is 0 Å². The number of rotatable bonds is 6. The summed E-state index contributed by atoms with van der Waals surface area (Å²) in [5.74, 6) is 0.0858. The molecule has 0 radical (unpaired) electrons. The van der Waals surface area contributed by atoms with Gasteiger partial charge in [-0.15, -0.1) is 11.3 Å². The first-order chi connectivity index (χ1) is 10.1. The third-order valence-corrected chi connectivity index (χ3v) is 4.27. The van der Waals surface area contributed by atoms with Crippen molar-refractivity contribution < 1.29 is 9.90 Å². The fraction of sp³-hybridized carbons (Fsp3) is 0.375. The largest absolute Gasteiger partial charge is 0.394 e. The quantitative estimate of drug-likeness (QED) is 0.862. The highest BCUT2D eigenvalue weighted by Crippen LogP contribution is 2.19. The van der Waals surface area contributed by atoms with Crippen LogP contribution in [-0.4, -0.2) is 28.6 Å². The number of aliphatic hydroxyl groups is 1. The van der Waals surface area contributed by atoms with Crippen molar-refractivity contribution in [2.24, 2.45) is 0 Å². The summed E-state index contributed by atoms with van der Waals surface area (Å²) in [5.41, 5.74) is 1.51. The van der Waals surface area contributed by atoms with E-state index in [4.69, 9.17) is 0 Å². The fourth-order valence-electron chi connectivity index (χ4n) is 1.98. The van der Waals surface area contributed by atoms with Gasteiger partial charge in [0.2, 0.25) is 0 Å². The van der Waals surface area contributed by atoms with Crippen LogP contribution in [0, 0.1) is 0 Å². The van der Waals surface area contributed by atoms with Crippen LogP contribution in [0.5, 0.6) is 0 Å². The molecule has 1 atom stereocenters. The van der Waals surface area contributed by atoms with Crippen molar-refractivity contribution in [3.05, 3.63) is 52.0 Å². The van der Waals surface area contributed by atoms with Crippen molar-refractivity contribution in [2.75, 3.05) is 6.61 Å². The van der Waals surface area contributed by atoms with Crippen LogP contribution in [-0.2, 0) is 6.42 Å². The summed E-state index contributed by atoms with van der Waals surface area (Å²) >= 11 is 1.49. The molecular weight excluding hydrogens is 284 g/mol. The molecule has 0 saturated heterocycles. The van der Waals surface area contributed by atoms with Crippen LogP contribution in [0.2, 0.25) is 0 Å². The highest BCUT2D eigenvalue weighted by molar-refractivity contribution is 7.09. The number of carbonyl (C=O) groups is 1. The Bertz CT molecular complexity index is 581. The van der Waals surface area contributed by atoms with Gasteiger partial charge in [-0.25, -0.2) is 4.98 Å². The predicted octanol–water partition coefficient (Wildman–Crippen LogP) is 2.60. The second-order valence-electron chi connectivity index (χ2n) is 5.27. The normalized spacial score (nSPS) is 12.4. The Kier molecular flexibility index (Phi) is 5.47. The first kappa shape index (κ1) is 15.7. The molecule has 1 aromatic heterocycles. The maximum absolute atomic E-state index is 12.2. The maximum Gasteiger partial charge on any atom is 0.271 e. The number of nitrogens with one attached hydrogen (secondary N) is 1. The van der Waals surface area contributed by atoms with E-state index < -0.39 is 0 Å². The Morgan fingerprint density at radius 2 is 2.05 bits per heavy atom. The lowest BCUT2D eigenvalue weighted by Crippen LogP contribution is -2.39. The lowest BCUT2D eigenvalue weighted by Gasteiger charge is -2.15. The van der Waals surface area contributed by atoms with E-state index in [0.29, 0.717) is 18.0 Å². The maximum atomic E-state index is 12.2. The van der Waals surface area contributed by atoms with Crippen LogP contribution in [0.15, 0.2) is 35.7 Å². The average Bonchev–Trinajstić information content (AvgIpc) is 2.97. The lowest BCUT2D eigenvalue weighted by atomic mass is 10.1. The summed E-state index contributed by atoms with van der Waals surface area (Å²) in [6.45, 7) is 4.00. The van der Waals surface area contributed by atoms with E-state index in [1.54, 1.807) is 5.38 Å². The lowest BCUT2D eigenvalue weighted by molar-refractivity contribution is 0.0912. The number of hydrogen-bond donors (Lipinski definition) is 2. The highest BCUT2D eigenvalue weighted by Gasteiger charge is 2.17. The molecule has 0 aliphatic heterocycles. The zero-order valence-electron chi connectivity index (χ0n) is 12.2. The summed E-state index contributed by atoms with van der Waals surface area (Å²) in [6, 6.07) is 9.49. The zero-order valence-corrected chi connectivity index (χ0v) is 13.1. The Labute approximate surface area is 128 Å². The standard InChI is InChI=1S/C16H20N2O2S/c1-11(2)16-18-14(10-21-16)15(20)17-13(9-19)8-12-6-4-3-5-7-12/h3-7,10-11,13,19H,8-9H2,1-2H3,(H,17,20). The molecule has 0 fully saturated rings. The van der Waals surface area contributed by atoms with Gasteiger partial charge in [-0.3, -0.25) is 4.79 Å². The molecule has 0 aliphatic carbocycles. The number of aliphatic hydroxyl groups excluding tert-OH is 1. The van der Waals surface area contributed by atoms with Crippen LogP contribution in [0.25, 0.3) is 0 Å². The highest BCUT2D eigenvalue weighted by atomic mass is 32.1. The first-order valence-electron chi connectivity index (χ1n) is 7.01. The van der Waals surface area contributed by atoms with E-state index >= 15 is 0 Å². The van der Waals surface area contributed by atoms with E-state index in [-0.39, 0.29) is 18.6 Å². The van der Waals surface area contributed by atoms with Crippen molar-refractivity contribution in [1.29, 1.82) is 0 Å². The van der Waals surface area contributed by atoms with Crippen LogP contribution in [0.4, 0.5) is 0 Å². The summed E-state index contributed by atoms with van der Waals surface area (Å²) in [4.78, 5) is 16.5. The molecule has 2 aromatic rings. The minimum Gasteiger partial charge on any atom is -0.394 e. The second kappa shape index (κ2) is 7.33. The van der Waals surface area contributed by atoms with E-state index in [1.165, 1.54) is 11.3 Å². The van der Waals surface area contributed by atoms with Gasteiger partial charge in [-0.05, 0) is 12.0 Å². The molecule has 1 aromatic carbocycles. The number of benzene rings is 1. The van der Waals surface area contributed by atoms with E-state index in [1.807, 2.05) is 44.2 Å². The van der Waals surface area contributed by atoms with E-state index in [2.05, 4.69) is 10.3 Å². The Hall–Kier alpha value is -1.72. The van der Waals surface area contributed by atoms with Gasteiger partial charge < -0.3 is 10.4 Å². The Morgan fingerprint density at radius 3 is 2.62 bits per heavy atom. The monoisotopic (exact) mass is 304 g/mol. The minimum atomic E-state index is -0.302. The number of carbonyl (C=O) groups excluding carboxylic acids is 1. The smallest absolute Gasteiger partial charge is 0.271 e. The molecule has 2 N–H and O–H groups in total. The predicted molar refractivity (Wildman–Crippen MR) is 84.7 cm³/mol. The number of hydrogen-bond acceptors (Lipinski definition) is 4. The summed E-state index contributed by atoms with van der Waals surface area (Å²) in [5, 5.41) is 15.0. The number of nitrogens with zero attached hydrogens (tertiary/aromatic N) is 1. The van der Waals surface area contributed by atoms with Gasteiger partial charge in [-0.2, -0.15) is 0 Å². The van der Waals surface area contributed by atoms with Crippen molar-refractivity contribution in [3.8, 4) is 0 Å². The zero-order chi connectivity index (χ0) is 15.2. The van der Waals surface area contributed by atoms with Gasteiger partial charge in [0.1, 0.15) is 5.69 Å². The van der Waals surface area contributed by atoms with Gasteiger partial charge in [-0.1, -0.05) is 44.2 Å². The Balaban J connectivity index is 1.99. The van der Waals surface area contributed by atoms with Gasteiger partial charge in [0.25, 0.3) is 5.91 Å². The van der Waals surface area contributed by atoms with Crippen molar-refractivity contribution in [3.63, 3.8) is 0 Å². The molecule has 0 saturated carbocycles. The molecule has 0 spiro atoms. The Morgan fingerprint density at radius 1 is 1.33 bits per heavy atom. The van der Waals surface area contributed by atoms with Crippen molar-refractivity contribution in [1.82, 2.24) is 10.3 Å². The van der Waals surface area contributed by atoms with Gasteiger partial charge in [0, 0.05) is 11.3 Å².